The molecule has 1 amide bonds. The zero-order valence-corrected chi connectivity index (χ0v) is 17.0. The lowest BCUT2D eigenvalue weighted by Crippen LogP contribution is -2.36. The molecule has 146 valence electrons. The summed E-state index contributed by atoms with van der Waals surface area (Å²) in [5.74, 6) is 0.916. The number of nitriles is 1. The van der Waals surface area contributed by atoms with Crippen LogP contribution in [0.5, 0.6) is 11.5 Å². The Labute approximate surface area is 166 Å². The highest BCUT2D eigenvalue weighted by molar-refractivity contribution is 6.04. The zero-order valence-electron chi connectivity index (χ0n) is 17.0. The minimum atomic E-state index is -0.0903. The molecule has 2 aromatic carbocycles. The van der Waals surface area contributed by atoms with Gasteiger partial charge in [0.05, 0.1) is 7.11 Å². The van der Waals surface area contributed by atoms with Crippen molar-refractivity contribution < 1.29 is 14.3 Å². The Morgan fingerprint density at radius 3 is 2.57 bits per heavy atom. The molecule has 0 aliphatic rings. The fraction of sp³-hybridized carbons (Fsp3) is 0.304. The Hall–Kier alpha value is -3.26. The number of hydrogen-bond acceptors (Lipinski definition) is 4. The van der Waals surface area contributed by atoms with E-state index in [1.807, 2.05) is 58.0 Å². The number of anilines is 1. The lowest BCUT2D eigenvalue weighted by molar-refractivity contribution is -0.114. The number of benzene rings is 2. The summed E-state index contributed by atoms with van der Waals surface area (Å²) in [5.41, 5.74) is 3.89. The molecule has 0 saturated heterocycles. The number of carbonyl (C=O) groups is 1. The van der Waals surface area contributed by atoms with Crippen LogP contribution in [0.15, 0.2) is 42.5 Å². The van der Waals surface area contributed by atoms with Crippen molar-refractivity contribution in [2.45, 2.75) is 33.7 Å². The number of ether oxygens (including phenoxy) is 2. The molecule has 0 atom stereocenters. The average Bonchev–Trinajstić information content (AvgIpc) is 2.67. The van der Waals surface area contributed by atoms with Gasteiger partial charge in [-0.15, -0.1) is 0 Å². The molecule has 0 saturated carbocycles. The topological polar surface area (TPSA) is 62.6 Å². The molecule has 28 heavy (non-hydrogen) atoms. The van der Waals surface area contributed by atoms with Crippen LogP contribution in [0.4, 0.5) is 5.69 Å². The van der Waals surface area contributed by atoms with E-state index in [-0.39, 0.29) is 18.6 Å². The first-order chi connectivity index (χ1) is 13.4. The highest BCUT2D eigenvalue weighted by Gasteiger charge is 2.19. The molecule has 0 aromatic heterocycles. The van der Waals surface area contributed by atoms with E-state index in [0.717, 1.165) is 22.4 Å². The summed E-state index contributed by atoms with van der Waals surface area (Å²) in [5, 5.41) is 8.65. The van der Waals surface area contributed by atoms with E-state index in [9.17, 15) is 4.79 Å². The van der Waals surface area contributed by atoms with Gasteiger partial charge in [-0.25, -0.2) is 0 Å². The van der Waals surface area contributed by atoms with Gasteiger partial charge in [0.2, 0.25) is 0 Å². The van der Waals surface area contributed by atoms with Crippen molar-refractivity contribution in [3.05, 3.63) is 59.2 Å². The van der Waals surface area contributed by atoms with E-state index in [4.69, 9.17) is 14.7 Å². The Bertz CT molecular complexity index is 911. The van der Waals surface area contributed by atoms with E-state index in [2.05, 4.69) is 0 Å². The van der Waals surface area contributed by atoms with Gasteiger partial charge in [0, 0.05) is 17.8 Å². The van der Waals surface area contributed by atoms with Gasteiger partial charge < -0.3 is 14.4 Å². The first-order valence-electron chi connectivity index (χ1n) is 9.13. The lowest BCUT2D eigenvalue weighted by atomic mass is 10.1. The summed E-state index contributed by atoms with van der Waals surface area (Å²) in [6.45, 7) is 7.97. The molecular weight excluding hydrogens is 352 g/mol. The Balaban J connectivity index is 2.27. The maximum atomic E-state index is 12.9. The van der Waals surface area contributed by atoms with Crippen LogP contribution in [0, 0.1) is 25.2 Å². The number of rotatable bonds is 7. The van der Waals surface area contributed by atoms with Crippen molar-refractivity contribution in [3.63, 3.8) is 0 Å². The first kappa shape index (κ1) is 21.0. The predicted molar refractivity (Wildman–Crippen MR) is 112 cm³/mol. The number of aryl methyl sites for hydroxylation is 2. The highest BCUT2D eigenvalue weighted by atomic mass is 16.5. The molecule has 0 heterocycles. The second-order valence-electron chi connectivity index (χ2n) is 6.78. The van der Waals surface area contributed by atoms with Crippen molar-refractivity contribution in [1.29, 1.82) is 5.26 Å². The summed E-state index contributed by atoms with van der Waals surface area (Å²) in [7, 11) is 1.54. The molecule has 2 aromatic rings. The molecule has 5 heteroatoms. The van der Waals surface area contributed by atoms with Gasteiger partial charge in [0.1, 0.15) is 6.07 Å². The van der Waals surface area contributed by atoms with Gasteiger partial charge in [-0.05, 0) is 68.7 Å². The van der Waals surface area contributed by atoms with Gasteiger partial charge in [-0.1, -0.05) is 18.2 Å². The van der Waals surface area contributed by atoms with Crippen LogP contribution >= 0.6 is 0 Å². The normalized spacial score (nSPS) is 10.8. The van der Waals surface area contributed by atoms with Crippen LogP contribution < -0.4 is 14.4 Å². The summed E-state index contributed by atoms with van der Waals surface area (Å²) in [4.78, 5) is 14.7. The molecule has 0 radical (unpaired) electrons. The quantitative estimate of drug-likeness (QED) is 0.657. The SMILES string of the molecule is COc1cc(/C=C/C(=O)N(c2cc(C)ccc2C)C(C)C)ccc1OCC#N. The van der Waals surface area contributed by atoms with E-state index in [1.165, 1.54) is 7.11 Å². The van der Waals surface area contributed by atoms with Gasteiger partial charge in [0.15, 0.2) is 18.1 Å². The molecule has 0 bridgehead atoms. The summed E-state index contributed by atoms with van der Waals surface area (Å²) in [6.07, 6.45) is 3.31. The standard InChI is InChI=1S/C23H26N2O3/c1-16(2)25(20-14-17(3)6-7-18(20)4)23(26)11-9-19-8-10-21(28-13-12-24)22(15-19)27-5/h6-11,14-16H,13H2,1-5H3/b11-9+. The molecule has 5 nitrogen and oxygen atoms in total. The minimum Gasteiger partial charge on any atom is -0.493 e. The fourth-order valence-electron chi connectivity index (χ4n) is 2.90. The Morgan fingerprint density at radius 2 is 1.93 bits per heavy atom. The second-order valence-corrected chi connectivity index (χ2v) is 6.78. The fourth-order valence-corrected chi connectivity index (χ4v) is 2.90. The number of hydrogen-bond donors (Lipinski definition) is 0. The smallest absolute Gasteiger partial charge is 0.251 e. The van der Waals surface area contributed by atoms with Crippen LogP contribution in [0.3, 0.4) is 0 Å². The van der Waals surface area contributed by atoms with Gasteiger partial charge in [0.25, 0.3) is 5.91 Å². The van der Waals surface area contributed by atoms with E-state index in [0.29, 0.717) is 11.5 Å². The largest absolute Gasteiger partial charge is 0.493 e. The molecule has 0 spiro atoms. The van der Waals surface area contributed by atoms with Crippen molar-refractivity contribution in [3.8, 4) is 17.6 Å². The number of amides is 1. The van der Waals surface area contributed by atoms with Crippen LogP contribution in [0.1, 0.15) is 30.5 Å². The summed E-state index contributed by atoms with van der Waals surface area (Å²) < 4.78 is 10.6. The Morgan fingerprint density at radius 1 is 1.18 bits per heavy atom. The van der Waals surface area contributed by atoms with Crippen molar-refractivity contribution in [2.75, 3.05) is 18.6 Å². The third-order valence-electron chi connectivity index (χ3n) is 4.28. The predicted octanol–water partition coefficient (Wildman–Crippen LogP) is 4.67. The molecule has 0 unspecified atom stereocenters. The molecular formula is C23H26N2O3. The van der Waals surface area contributed by atoms with Crippen LogP contribution in [-0.2, 0) is 4.79 Å². The van der Waals surface area contributed by atoms with Crippen LogP contribution in [-0.4, -0.2) is 25.7 Å². The molecule has 0 aliphatic carbocycles. The van der Waals surface area contributed by atoms with Gasteiger partial charge >= 0.3 is 0 Å². The second kappa shape index (κ2) is 9.61. The van der Waals surface area contributed by atoms with Crippen molar-refractivity contribution >= 4 is 17.7 Å². The first-order valence-corrected chi connectivity index (χ1v) is 9.13. The lowest BCUT2D eigenvalue weighted by Gasteiger charge is -2.27. The van der Waals surface area contributed by atoms with Crippen molar-refractivity contribution in [2.24, 2.45) is 0 Å². The average molecular weight is 378 g/mol. The number of nitrogens with zero attached hydrogens (tertiary/aromatic N) is 2. The monoisotopic (exact) mass is 378 g/mol. The summed E-state index contributed by atoms with van der Waals surface area (Å²) >= 11 is 0. The molecule has 0 N–H and O–H groups in total. The van der Waals surface area contributed by atoms with Crippen LogP contribution in [0.2, 0.25) is 0 Å². The third-order valence-corrected chi connectivity index (χ3v) is 4.28. The minimum absolute atomic E-state index is 0.0222. The molecule has 0 fully saturated rings. The molecule has 2 rings (SSSR count). The highest BCUT2D eigenvalue weighted by Crippen LogP contribution is 2.29. The zero-order chi connectivity index (χ0) is 20.7. The third kappa shape index (κ3) is 5.14. The number of methoxy groups -OCH3 is 1. The van der Waals surface area contributed by atoms with Gasteiger partial charge in [-0.3, -0.25) is 4.79 Å². The maximum absolute atomic E-state index is 12.9. The summed E-state index contributed by atoms with van der Waals surface area (Å²) in [6, 6.07) is 13.4. The van der Waals surface area contributed by atoms with Crippen LogP contribution in [0.25, 0.3) is 6.08 Å². The molecule has 0 aliphatic heterocycles. The Kier molecular flexibility index (Phi) is 7.22. The van der Waals surface area contributed by atoms with Crippen molar-refractivity contribution in [1.82, 2.24) is 0 Å². The maximum Gasteiger partial charge on any atom is 0.251 e. The van der Waals surface area contributed by atoms with Gasteiger partial charge in [-0.2, -0.15) is 5.26 Å². The van der Waals surface area contributed by atoms with E-state index in [1.54, 1.807) is 29.2 Å². The number of carbonyl (C=O) groups excluding carboxylic acids is 1. The van der Waals surface area contributed by atoms with E-state index < -0.39 is 0 Å². The van der Waals surface area contributed by atoms with E-state index >= 15 is 0 Å².